The Balaban J connectivity index is 1.60. The van der Waals surface area contributed by atoms with Gasteiger partial charge in [0, 0.05) is 6.04 Å². The summed E-state index contributed by atoms with van der Waals surface area (Å²) in [5, 5.41) is 9.61. The molecule has 26 heavy (non-hydrogen) atoms. The first-order chi connectivity index (χ1) is 12.5. The van der Waals surface area contributed by atoms with Crippen molar-refractivity contribution in [3.63, 3.8) is 0 Å². The molecule has 134 valence electrons. The molecule has 1 fully saturated rings. The van der Waals surface area contributed by atoms with E-state index < -0.39 is 5.91 Å². The first-order valence-electron chi connectivity index (χ1n) is 8.01. The van der Waals surface area contributed by atoms with Crippen LogP contribution in [-0.4, -0.2) is 20.3 Å². The topological polar surface area (TPSA) is 68.9 Å². The molecule has 0 aliphatic heterocycles. The molecular formula is C17H14Cl2N4O2S. The van der Waals surface area contributed by atoms with Crippen LogP contribution in [0.25, 0.3) is 10.7 Å². The summed E-state index contributed by atoms with van der Waals surface area (Å²) in [5.74, 6) is 0.218. The minimum absolute atomic E-state index is 0.166. The maximum atomic E-state index is 12.7. The van der Waals surface area contributed by atoms with E-state index in [0.29, 0.717) is 16.5 Å². The summed E-state index contributed by atoms with van der Waals surface area (Å²) in [5.41, 5.74) is 0.126. The number of halogens is 2. The Morgan fingerprint density at radius 3 is 2.77 bits per heavy atom. The molecule has 1 N–H and O–H groups in total. The number of carbonyl (C=O) groups is 1. The number of nitrogens with zero attached hydrogens (tertiary/aromatic N) is 3. The molecule has 2 aromatic heterocycles. The van der Waals surface area contributed by atoms with Crippen molar-refractivity contribution in [3.8, 4) is 10.7 Å². The van der Waals surface area contributed by atoms with Crippen molar-refractivity contribution in [2.45, 2.75) is 25.4 Å². The predicted molar refractivity (Wildman–Crippen MR) is 103 cm³/mol. The summed E-state index contributed by atoms with van der Waals surface area (Å²) in [6.07, 6.45) is 1.91. The second kappa shape index (κ2) is 6.90. The van der Waals surface area contributed by atoms with Gasteiger partial charge in [-0.15, -0.1) is 16.4 Å². The van der Waals surface area contributed by atoms with E-state index in [1.807, 2.05) is 17.5 Å². The van der Waals surface area contributed by atoms with E-state index in [1.54, 1.807) is 22.8 Å². The highest BCUT2D eigenvalue weighted by molar-refractivity contribution is 7.13. The van der Waals surface area contributed by atoms with Crippen LogP contribution in [0.2, 0.25) is 10.0 Å². The van der Waals surface area contributed by atoms with Crippen molar-refractivity contribution in [3.05, 3.63) is 56.2 Å². The highest BCUT2D eigenvalue weighted by Gasteiger charge is 2.31. The number of thiophene rings is 1. The van der Waals surface area contributed by atoms with E-state index in [9.17, 15) is 9.59 Å². The lowest BCUT2D eigenvalue weighted by Crippen LogP contribution is -2.30. The van der Waals surface area contributed by atoms with Crippen LogP contribution in [0.1, 0.15) is 18.9 Å². The Morgan fingerprint density at radius 2 is 2.08 bits per heavy atom. The molecule has 0 saturated heterocycles. The van der Waals surface area contributed by atoms with Gasteiger partial charge >= 0.3 is 5.69 Å². The zero-order valence-electron chi connectivity index (χ0n) is 13.5. The summed E-state index contributed by atoms with van der Waals surface area (Å²) in [6, 6.07) is 8.96. The van der Waals surface area contributed by atoms with Crippen molar-refractivity contribution in [1.29, 1.82) is 0 Å². The lowest BCUT2D eigenvalue weighted by molar-refractivity contribution is -0.117. The van der Waals surface area contributed by atoms with Gasteiger partial charge in [0.15, 0.2) is 5.82 Å². The molecule has 0 bridgehead atoms. The number of anilines is 1. The van der Waals surface area contributed by atoms with E-state index in [4.69, 9.17) is 23.2 Å². The first-order valence-corrected chi connectivity index (χ1v) is 9.65. The van der Waals surface area contributed by atoms with E-state index in [0.717, 1.165) is 17.7 Å². The van der Waals surface area contributed by atoms with Gasteiger partial charge in [0.1, 0.15) is 6.54 Å². The Labute approximate surface area is 163 Å². The third kappa shape index (κ3) is 3.30. The van der Waals surface area contributed by atoms with Crippen LogP contribution >= 0.6 is 34.5 Å². The monoisotopic (exact) mass is 408 g/mol. The van der Waals surface area contributed by atoms with E-state index in [2.05, 4.69) is 10.4 Å². The van der Waals surface area contributed by atoms with Crippen LogP contribution in [0.5, 0.6) is 0 Å². The van der Waals surface area contributed by atoms with Crippen molar-refractivity contribution in [1.82, 2.24) is 14.3 Å². The fraction of sp³-hybridized carbons (Fsp3) is 0.235. The Bertz CT molecular complexity index is 1020. The highest BCUT2D eigenvalue weighted by Crippen LogP contribution is 2.37. The number of hydrogen-bond donors (Lipinski definition) is 1. The molecule has 1 aliphatic carbocycles. The van der Waals surface area contributed by atoms with Gasteiger partial charge in [-0.2, -0.15) is 0 Å². The average Bonchev–Trinajstić information content (AvgIpc) is 3.19. The molecule has 2 heterocycles. The largest absolute Gasteiger partial charge is 0.346 e. The van der Waals surface area contributed by atoms with Crippen LogP contribution in [0.4, 0.5) is 5.69 Å². The predicted octanol–water partition coefficient (Wildman–Crippen LogP) is 4.05. The normalized spacial score (nSPS) is 13.8. The number of benzene rings is 1. The standard InChI is InChI=1S/C17H14Cl2N4O2S/c18-11-3-1-4-12(15(11)19)20-14(24)9-22-17(25)23(10-6-7-10)16(21-22)13-5-2-8-26-13/h1-5,8,10H,6-7,9H2,(H,20,24). The second-order valence-corrected chi connectivity index (χ2v) is 7.72. The summed E-state index contributed by atoms with van der Waals surface area (Å²) in [4.78, 5) is 26.0. The van der Waals surface area contributed by atoms with Crippen molar-refractivity contribution < 1.29 is 4.79 Å². The van der Waals surface area contributed by atoms with Gasteiger partial charge in [-0.05, 0) is 36.4 Å². The van der Waals surface area contributed by atoms with Crippen LogP contribution in [0.3, 0.4) is 0 Å². The Morgan fingerprint density at radius 1 is 1.27 bits per heavy atom. The Hall–Kier alpha value is -2.09. The fourth-order valence-electron chi connectivity index (χ4n) is 2.68. The molecule has 1 amide bonds. The maximum absolute atomic E-state index is 12.7. The molecule has 3 aromatic rings. The third-order valence-electron chi connectivity index (χ3n) is 4.04. The minimum atomic E-state index is -0.394. The third-order valence-corrected chi connectivity index (χ3v) is 5.73. The molecule has 4 rings (SSSR count). The smallest absolute Gasteiger partial charge is 0.323 e. The summed E-state index contributed by atoms with van der Waals surface area (Å²) in [7, 11) is 0. The molecule has 6 nitrogen and oxygen atoms in total. The fourth-order valence-corrected chi connectivity index (χ4v) is 3.74. The molecule has 1 aliphatic rings. The van der Waals surface area contributed by atoms with E-state index in [1.165, 1.54) is 16.0 Å². The molecule has 0 atom stereocenters. The number of carbonyl (C=O) groups excluding carboxylic acids is 1. The minimum Gasteiger partial charge on any atom is -0.323 e. The van der Waals surface area contributed by atoms with Gasteiger partial charge in [0.2, 0.25) is 5.91 Å². The van der Waals surface area contributed by atoms with Crippen LogP contribution in [0.15, 0.2) is 40.5 Å². The zero-order chi connectivity index (χ0) is 18.3. The van der Waals surface area contributed by atoms with E-state index >= 15 is 0 Å². The van der Waals surface area contributed by atoms with Gasteiger partial charge in [0.05, 0.1) is 20.6 Å². The maximum Gasteiger partial charge on any atom is 0.346 e. The molecule has 1 saturated carbocycles. The zero-order valence-corrected chi connectivity index (χ0v) is 15.8. The molecule has 0 radical (unpaired) electrons. The number of rotatable bonds is 5. The molecule has 9 heteroatoms. The van der Waals surface area contributed by atoms with Gasteiger partial charge < -0.3 is 5.32 Å². The number of aromatic nitrogens is 3. The summed E-state index contributed by atoms with van der Waals surface area (Å²) < 4.78 is 2.88. The van der Waals surface area contributed by atoms with Crippen LogP contribution in [-0.2, 0) is 11.3 Å². The number of amides is 1. The lowest BCUT2D eigenvalue weighted by Gasteiger charge is -2.07. The number of nitrogens with one attached hydrogen (secondary N) is 1. The van der Waals surface area contributed by atoms with Crippen LogP contribution in [0, 0.1) is 0 Å². The lowest BCUT2D eigenvalue weighted by atomic mass is 10.3. The summed E-state index contributed by atoms with van der Waals surface area (Å²) >= 11 is 13.6. The van der Waals surface area contributed by atoms with Crippen LogP contribution < -0.4 is 11.0 Å². The molecule has 0 unspecified atom stereocenters. The van der Waals surface area contributed by atoms with Gasteiger partial charge in [-0.1, -0.05) is 35.3 Å². The number of hydrogen-bond acceptors (Lipinski definition) is 4. The molecule has 0 spiro atoms. The quantitative estimate of drug-likeness (QED) is 0.691. The SMILES string of the molecule is O=C(Cn1nc(-c2cccs2)n(C2CC2)c1=O)Nc1cccc(Cl)c1Cl. The Kier molecular flexibility index (Phi) is 4.60. The molecule has 1 aromatic carbocycles. The second-order valence-electron chi connectivity index (χ2n) is 5.99. The highest BCUT2D eigenvalue weighted by atomic mass is 35.5. The summed E-state index contributed by atoms with van der Waals surface area (Å²) in [6.45, 7) is -0.195. The van der Waals surface area contributed by atoms with Crippen molar-refractivity contribution >= 4 is 46.1 Å². The van der Waals surface area contributed by atoms with Crippen molar-refractivity contribution in [2.24, 2.45) is 0 Å². The van der Waals surface area contributed by atoms with Gasteiger partial charge in [0.25, 0.3) is 0 Å². The van der Waals surface area contributed by atoms with Gasteiger partial charge in [-0.25, -0.2) is 9.48 Å². The first kappa shape index (κ1) is 17.3. The van der Waals surface area contributed by atoms with Gasteiger partial charge in [-0.3, -0.25) is 9.36 Å². The van der Waals surface area contributed by atoms with E-state index in [-0.39, 0.29) is 23.3 Å². The molecular weight excluding hydrogens is 395 g/mol. The average molecular weight is 409 g/mol. The van der Waals surface area contributed by atoms with Crippen molar-refractivity contribution in [2.75, 3.05) is 5.32 Å².